The molecule has 2 aromatic heterocycles. The number of likely N-dealkylation sites (N-methyl/N-ethyl adjacent to an activating group) is 1. The van der Waals surface area contributed by atoms with Crippen LogP contribution in [-0.2, 0) is 13.5 Å². The predicted molar refractivity (Wildman–Crippen MR) is 93.2 cm³/mol. The van der Waals surface area contributed by atoms with Gasteiger partial charge in [0.15, 0.2) is 0 Å². The van der Waals surface area contributed by atoms with Gasteiger partial charge in [-0.3, -0.25) is 14.3 Å². The summed E-state index contributed by atoms with van der Waals surface area (Å²) in [5.41, 5.74) is 2.63. The first kappa shape index (κ1) is 15.6. The summed E-state index contributed by atoms with van der Waals surface area (Å²) >= 11 is 0. The standard InChI is InChI=1S/C18H23FN4O/c1-10-8-23-12(9-21(10)3)5-6-13-16(23)14-7-15(19)11(2)20-17(14)22(4)18(13)24/h7,10,12H,5-6,8-9H2,1-4H3. The Balaban J connectivity index is 2.02. The predicted octanol–water partition coefficient (Wildman–Crippen LogP) is 1.84. The topological polar surface area (TPSA) is 41.4 Å². The van der Waals surface area contributed by atoms with Crippen LogP contribution in [-0.4, -0.2) is 46.7 Å². The molecule has 0 radical (unpaired) electrons. The van der Waals surface area contributed by atoms with Crippen molar-refractivity contribution in [2.75, 3.05) is 25.0 Å². The summed E-state index contributed by atoms with van der Waals surface area (Å²) in [5, 5.41) is 0.761. The van der Waals surface area contributed by atoms with Crippen molar-refractivity contribution >= 4 is 16.7 Å². The molecule has 0 amide bonds. The lowest BCUT2D eigenvalue weighted by atomic mass is 9.92. The van der Waals surface area contributed by atoms with E-state index < -0.39 is 0 Å². The third-order valence-electron chi connectivity index (χ3n) is 5.72. The van der Waals surface area contributed by atoms with Gasteiger partial charge in [0.05, 0.1) is 11.4 Å². The van der Waals surface area contributed by atoms with E-state index in [9.17, 15) is 9.18 Å². The highest BCUT2D eigenvalue weighted by molar-refractivity contribution is 5.92. The molecular weight excluding hydrogens is 307 g/mol. The zero-order chi connectivity index (χ0) is 17.2. The summed E-state index contributed by atoms with van der Waals surface area (Å²) in [5.74, 6) is -0.312. The van der Waals surface area contributed by atoms with Crippen molar-refractivity contribution in [2.24, 2.45) is 7.05 Å². The normalized spacial score (nSPS) is 24.1. The van der Waals surface area contributed by atoms with Gasteiger partial charge in [-0.15, -0.1) is 0 Å². The van der Waals surface area contributed by atoms with E-state index >= 15 is 0 Å². The van der Waals surface area contributed by atoms with E-state index in [0.717, 1.165) is 42.6 Å². The first-order chi connectivity index (χ1) is 11.4. The number of hydrogen-bond acceptors (Lipinski definition) is 4. The van der Waals surface area contributed by atoms with Crippen LogP contribution >= 0.6 is 0 Å². The van der Waals surface area contributed by atoms with Gasteiger partial charge < -0.3 is 4.90 Å². The summed E-state index contributed by atoms with van der Waals surface area (Å²) in [7, 11) is 3.87. The summed E-state index contributed by atoms with van der Waals surface area (Å²) in [4.78, 5) is 21.9. The Labute approximate surface area is 140 Å². The monoisotopic (exact) mass is 330 g/mol. The van der Waals surface area contributed by atoms with Gasteiger partial charge in [-0.05, 0) is 39.8 Å². The van der Waals surface area contributed by atoms with Crippen LogP contribution in [0.15, 0.2) is 10.9 Å². The van der Waals surface area contributed by atoms with Crippen LogP contribution in [0.25, 0.3) is 11.0 Å². The van der Waals surface area contributed by atoms with Crippen LogP contribution in [0.2, 0.25) is 0 Å². The fourth-order valence-corrected chi connectivity index (χ4v) is 4.13. The molecule has 2 aliphatic rings. The molecule has 2 atom stereocenters. The maximum Gasteiger partial charge on any atom is 0.257 e. The average molecular weight is 330 g/mol. The van der Waals surface area contributed by atoms with Gasteiger partial charge in [0.2, 0.25) is 0 Å². The highest BCUT2D eigenvalue weighted by atomic mass is 19.1. The van der Waals surface area contributed by atoms with E-state index in [4.69, 9.17) is 0 Å². The maximum atomic E-state index is 14.2. The van der Waals surface area contributed by atoms with Crippen molar-refractivity contribution in [3.05, 3.63) is 33.5 Å². The largest absolute Gasteiger partial charge is 0.365 e. The zero-order valence-corrected chi connectivity index (χ0v) is 14.6. The lowest BCUT2D eigenvalue weighted by molar-refractivity contribution is 0.192. The van der Waals surface area contributed by atoms with Gasteiger partial charge in [0.25, 0.3) is 5.56 Å². The number of fused-ring (bicyclic) bond motifs is 5. The van der Waals surface area contributed by atoms with Gasteiger partial charge in [-0.1, -0.05) is 0 Å². The van der Waals surface area contributed by atoms with Crippen LogP contribution in [0.1, 0.15) is 24.6 Å². The molecule has 0 bridgehead atoms. The number of aromatic nitrogens is 2. The van der Waals surface area contributed by atoms with Crippen LogP contribution in [0.4, 0.5) is 10.1 Å². The van der Waals surface area contributed by atoms with Gasteiger partial charge in [-0.2, -0.15) is 0 Å². The number of pyridine rings is 2. The Morgan fingerprint density at radius 1 is 1.29 bits per heavy atom. The molecule has 1 saturated heterocycles. The molecule has 5 nitrogen and oxygen atoms in total. The van der Waals surface area contributed by atoms with Crippen LogP contribution < -0.4 is 10.5 Å². The molecule has 4 heterocycles. The van der Waals surface area contributed by atoms with Gasteiger partial charge in [-0.25, -0.2) is 9.37 Å². The fourth-order valence-electron chi connectivity index (χ4n) is 4.13. The van der Waals surface area contributed by atoms with Crippen molar-refractivity contribution in [1.29, 1.82) is 0 Å². The van der Waals surface area contributed by atoms with E-state index in [1.165, 1.54) is 0 Å². The van der Waals surface area contributed by atoms with E-state index in [2.05, 4.69) is 28.8 Å². The average Bonchev–Trinajstić information content (AvgIpc) is 2.55. The Morgan fingerprint density at radius 3 is 2.79 bits per heavy atom. The first-order valence-corrected chi connectivity index (χ1v) is 8.54. The maximum absolute atomic E-state index is 14.2. The van der Waals surface area contributed by atoms with Crippen molar-refractivity contribution in [3.8, 4) is 0 Å². The highest BCUT2D eigenvalue weighted by Crippen LogP contribution is 2.37. The summed E-state index contributed by atoms with van der Waals surface area (Å²) in [6.07, 6.45) is 1.71. The molecule has 0 aromatic carbocycles. The number of aryl methyl sites for hydroxylation is 2. The van der Waals surface area contributed by atoms with Crippen molar-refractivity contribution in [1.82, 2.24) is 14.5 Å². The Morgan fingerprint density at radius 2 is 2.04 bits per heavy atom. The first-order valence-electron chi connectivity index (χ1n) is 8.54. The smallest absolute Gasteiger partial charge is 0.257 e. The molecule has 1 fully saturated rings. The van der Waals surface area contributed by atoms with E-state index in [-0.39, 0.29) is 11.4 Å². The number of nitrogens with zero attached hydrogens (tertiary/aromatic N) is 4. The number of hydrogen-bond donors (Lipinski definition) is 0. The molecule has 4 rings (SSSR count). The second-order valence-electron chi connectivity index (χ2n) is 7.25. The van der Waals surface area contributed by atoms with E-state index in [0.29, 0.717) is 23.4 Å². The molecule has 6 heteroatoms. The zero-order valence-electron chi connectivity index (χ0n) is 14.6. The van der Waals surface area contributed by atoms with Crippen LogP contribution in [0.3, 0.4) is 0 Å². The molecule has 128 valence electrons. The van der Waals surface area contributed by atoms with E-state index in [1.807, 2.05) is 0 Å². The Kier molecular flexibility index (Phi) is 3.42. The molecule has 2 unspecified atom stereocenters. The quantitative estimate of drug-likeness (QED) is 0.739. The van der Waals surface area contributed by atoms with E-state index in [1.54, 1.807) is 24.6 Å². The summed E-state index contributed by atoms with van der Waals surface area (Å²) < 4.78 is 15.8. The Bertz CT molecular complexity index is 891. The molecular formula is C18H23FN4O. The number of piperazine rings is 1. The molecule has 2 aromatic rings. The van der Waals surface area contributed by atoms with Crippen molar-refractivity contribution in [3.63, 3.8) is 0 Å². The Hall–Kier alpha value is -1.95. The fraction of sp³-hybridized carbons (Fsp3) is 0.556. The SMILES string of the molecule is Cc1nc2c(cc1F)c1c(c(=O)n2C)CCC2CN(C)C(C)CN12. The third-order valence-corrected chi connectivity index (χ3v) is 5.72. The molecule has 2 aliphatic heterocycles. The lowest BCUT2D eigenvalue weighted by Crippen LogP contribution is -2.58. The van der Waals surface area contributed by atoms with Gasteiger partial charge >= 0.3 is 0 Å². The minimum absolute atomic E-state index is 0.000962. The molecule has 0 aliphatic carbocycles. The van der Waals surface area contributed by atoms with Crippen molar-refractivity contribution in [2.45, 2.75) is 38.8 Å². The minimum Gasteiger partial charge on any atom is -0.365 e. The number of anilines is 1. The second kappa shape index (κ2) is 5.28. The van der Waals surface area contributed by atoms with Crippen molar-refractivity contribution < 1.29 is 4.39 Å². The molecule has 0 saturated carbocycles. The minimum atomic E-state index is -0.312. The lowest BCUT2D eigenvalue weighted by Gasteiger charge is -2.48. The van der Waals surface area contributed by atoms with Gasteiger partial charge in [0, 0.05) is 43.2 Å². The van der Waals surface area contributed by atoms with Crippen LogP contribution in [0.5, 0.6) is 0 Å². The second-order valence-corrected chi connectivity index (χ2v) is 7.25. The number of halogens is 1. The number of rotatable bonds is 0. The summed E-state index contributed by atoms with van der Waals surface area (Å²) in [6.45, 7) is 5.65. The van der Waals surface area contributed by atoms with Gasteiger partial charge in [0.1, 0.15) is 11.5 Å². The molecule has 0 N–H and O–H groups in total. The third kappa shape index (κ3) is 2.09. The molecule has 24 heavy (non-hydrogen) atoms. The van der Waals surface area contributed by atoms with Crippen LogP contribution in [0, 0.1) is 12.7 Å². The highest BCUT2D eigenvalue weighted by Gasteiger charge is 2.36. The summed E-state index contributed by atoms with van der Waals surface area (Å²) in [6, 6.07) is 2.33. The molecule has 0 spiro atoms.